The maximum absolute atomic E-state index is 9.21. The fourth-order valence-electron chi connectivity index (χ4n) is 0.997. The van der Waals surface area contributed by atoms with Crippen molar-refractivity contribution in [1.82, 2.24) is 9.55 Å². The Hall–Kier alpha value is -1.23. The van der Waals surface area contributed by atoms with Gasteiger partial charge in [-0.2, -0.15) is 0 Å². The van der Waals surface area contributed by atoms with Crippen molar-refractivity contribution in [3.8, 4) is 5.88 Å². The first-order valence-electron chi connectivity index (χ1n) is 3.09. The van der Waals surface area contributed by atoms with Gasteiger partial charge in [0.15, 0.2) is 16.7 Å². The number of hydrogen-bond donors (Lipinski definition) is 2. The lowest BCUT2D eigenvalue weighted by atomic mass is 10.6. The molecule has 0 saturated carbocycles. The molecule has 0 atom stereocenters. The van der Waals surface area contributed by atoms with Crippen LogP contribution in [0.2, 0.25) is 0 Å². The van der Waals surface area contributed by atoms with Gasteiger partial charge < -0.3 is 10.8 Å². The molecule has 2 heterocycles. The van der Waals surface area contributed by atoms with E-state index >= 15 is 0 Å². The monoisotopic (exact) mass is 169 g/mol. The van der Waals surface area contributed by atoms with Crippen molar-refractivity contribution < 1.29 is 5.11 Å². The van der Waals surface area contributed by atoms with Crippen molar-refractivity contribution in [1.29, 1.82) is 0 Å². The van der Waals surface area contributed by atoms with Gasteiger partial charge in [-0.3, -0.25) is 4.57 Å². The van der Waals surface area contributed by atoms with Gasteiger partial charge in [-0.15, -0.1) is 0 Å². The number of thiazole rings is 1. The minimum Gasteiger partial charge on any atom is -0.494 e. The molecule has 2 aromatic rings. The number of aryl methyl sites for hydroxylation is 1. The number of nitrogens with two attached hydrogens (primary N) is 1. The molecule has 0 bridgehead atoms. The van der Waals surface area contributed by atoms with Crippen molar-refractivity contribution in [2.45, 2.75) is 0 Å². The molecule has 0 spiro atoms. The number of hydrogen-bond acceptors (Lipinski definition) is 4. The highest BCUT2D eigenvalue weighted by Crippen LogP contribution is 2.28. The topological polar surface area (TPSA) is 64.1 Å². The van der Waals surface area contributed by atoms with Crippen molar-refractivity contribution in [3.63, 3.8) is 0 Å². The standard InChI is InChI=1S/C6H7N3OS/c1-9-4(10)2-3-5(9)8-6(7)11-3/h2,10H,1H3,(H2,7,8). The predicted molar refractivity (Wildman–Crippen MR) is 44.7 cm³/mol. The third-order valence-electron chi connectivity index (χ3n) is 1.57. The molecule has 0 aromatic carbocycles. The number of aromatic hydroxyl groups is 1. The van der Waals surface area contributed by atoms with Crippen LogP contribution in [-0.2, 0) is 7.05 Å². The summed E-state index contributed by atoms with van der Waals surface area (Å²) in [6.07, 6.45) is 0. The van der Waals surface area contributed by atoms with E-state index < -0.39 is 0 Å². The number of fused-ring (bicyclic) bond motifs is 1. The molecular weight excluding hydrogens is 162 g/mol. The smallest absolute Gasteiger partial charge is 0.193 e. The first-order valence-corrected chi connectivity index (χ1v) is 3.91. The lowest BCUT2D eigenvalue weighted by Gasteiger charge is -1.91. The molecule has 3 N–H and O–H groups in total. The molecular formula is C6H7N3OS. The molecule has 0 amide bonds. The van der Waals surface area contributed by atoms with Gasteiger partial charge in [0, 0.05) is 13.1 Å². The fraction of sp³-hybridized carbons (Fsp3) is 0.167. The van der Waals surface area contributed by atoms with Crippen LogP contribution in [0.3, 0.4) is 0 Å². The molecule has 2 rings (SSSR count). The SMILES string of the molecule is Cn1c(O)cc2sc(N)nc21. The molecule has 0 unspecified atom stereocenters. The lowest BCUT2D eigenvalue weighted by molar-refractivity contribution is 0.435. The Morgan fingerprint density at radius 2 is 2.45 bits per heavy atom. The zero-order valence-corrected chi connectivity index (χ0v) is 6.72. The first kappa shape index (κ1) is 6.48. The molecule has 0 saturated heterocycles. The van der Waals surface area contributed by atoms with Crippen LogP contribution in [0.15, 0.2) is 6.07 Å². The second-order valence-corrected chi connectivity index (χ2v) is 3.36. The average Bonchev–Trinajstić information content (AvgIpc) is 2.37. The summed E-state index contributed by atoms with van der Waals surface area (Å²) < 4.78 is 2.52. The number of aromatic nitrogens is 2. The Labute approximate surface area is 66.9 Å². The van der Waals surface area contributed by atoms with E-state index in [1.807, 2.05) is 0 Å². The Morgan fingerprint density at radius 3 is 3.09 bits per heavy atom. The van der Waals surface area contributed by atoms with E-state index in [1.54, 1.807) is 17.7 Å². The molecule has 4 nitrogen and oxygen atoms in total. The van der Waals surface area contributed by atoms with Gasteiger partial charge in [-0.05, 0) is 0 Å². The van der Waals surface area contributed by atoms with Crippen LogP contribution >= 0.6 is 11.3 Å². The van der Waals surface area contributed by atoms with E-state index in [9.17, 15) is 5.11 Å². The molecule has 2 aromatic heterocycles. The van der Waals surface area contributed by atoms with Crippen molar-refractivity contribution >= 4 is 26.8 Å². The van der Waals surface area contributed by atoms with Crippen LogP contribution in [0.5, 0.6) is 5.88 Å². The summed E-state index contributed by atoms with van der Waals surface area (Å²) in [5.74, 6) is 0.221. The molecule has 11 heavy (non-hydrogen) atoms. The highest BCUT2D eigenvalue weighted by Gasteiger charge is 2.08. The third kappa shape index (κ3) is 0.775. The Morgan fingerprint density at radius 1 is 1.73 bits per heavy atom. The first-order chi connectivity index (χ1) is 5.18. The summed E-state index contributed by atoms with van der Waals surface area (Å²) >= 11 is 1.37. The van der Waals surface area contributed by atoms with Gasteiger partial charge >= 0.3 is 0 Å². The van der Waals surface area contributed by atoms with Crippen molar-refractivity contribution in [2.24, 2.45) is 7.05 Å². The normalized spacial score (nSPS) is 11.0. The highest BCUT2D eigenvalue weighted by molar-refractivity contribution is 7.22. The van der Waals surface area contributed by atoms with Crippen LogP contribution in [0.4, 0.5) is 5.13 Å². The second kappa shape index (κ2) is 1.88. The van der Waals surface area contributed by atoms with Gasteiger partial charge in [0.1, 0.15) is 0 Å². The number of nitrogens with zero attached hydrogens (tertiary/aromatic N) is 2. The quantitative estimate of drug-likeness (QED) is 0.616. The summed E-state index contributed by atoms with van der Waals surface area (Å²) in [4.78, 5) is 4.03. The summed E-state index contributed by atoms with van der Waals surface area (Å²) in [7, 11) is 1.75. The maximum Gasteiger partial charge on any atom is 0.193 e. The molecule has 0 aliphatic heterocycles. The van der Waals surface area contributed by atoms with E-state index in [0.29, 0.717) is 5.13 Å². The van der Waals surface area contributed by atoms with E-state index in [1.165, 1.54) is 11.3 Å². The third-order valence-corrected chi connectivity index (χ3v) is 2.39. The van der Waals surface area contributed by atoms with Gasteiger partial charge in [-0.1, -0.05) is 11.3 Å². The largest absolute Gasteiger partial charge is 0.494 e. The molecule has 0 fully saturated rings. The summed E-state index contributed by atoms with van der Waals surface area (Å²) in [6.45, 7) is 0. The highest BCUT2D eigenvalue weighted by atomic mass is 32.1. The van der Waals surface area contributed by atoms with Crippen LogP contribution in [-0.4, -0.2) is 14.7 Å². The summed E-state index contributed by atoms with van der Waals surface area (Å²) in [5.41, 5.74) is 6.21. The molecule has 5 heteroatoms. The van der Waals surface area contributed by atoms with E-state index in [2.05, 4.69) is 4.98 Å². The van der Waals surface area contributed by atoms with Crippen LogP contribution in [0.25, 0.3) is 10.3 Å². The zero-order valence-electron chi connectivity index (χ0n) is 5.90. The van der Waals surface area contributed by atoms with E-state index in [4.69, 9.17) is 5.73 Å². The van der Waals surface area contributed by atoms with Gasteiger partial charge in [-0.25, -0.2) is 4.98 Å². The van der Waals surface area contributed by atoms with Crippen molar-refractivity contribution in [3.05, 3.63) is 6.07 Å². The average molecular weight is 169 g/mol. The Bertz CT molecular complexity index is 403. The van der Waals surface area contributed by atoms with Gasteiger partial charge in [0.05, 0.1) is 4.70 Å². The van der Waals surface area contributed by atoms with E-state index in [-0.39, 0.29) is 5.88 Å². The Kier molecular flexibility index (Phi) is 1.11. The summed E-state index contributed by atoms with van der Waals surface area (Å²) in [6, 6.07) is 1.66. The number of anilines is 1. The van der Waals surface area contributed by atoms with Gasteiger partial charge in [0.2, 0.25) is 0 Å². The Balaban J connectivity index is 2.88. The minimum absolute atomic E-state index is 0.221. The second-order valence-electron chi connectivity index (χ2n) is 2.30. The fourth-order valence-corrected chi connectivity index (χ4v) is 1.79. The lowest BCUT2D eigenvalue weighted by Crippen LogP contribution is -1.88. The van der Waals surface area contributed by atoms with Crippen LogP contribution < -0.4 is 5.73 Å². The maximum atomic E-state index is 9.21. The predicted octanol–water partition coefficient (Wildman–Crippen LogP) is 0.923. The van der Waals surface area contributed by atoms with E-state index in [0.717, 1.165) is 10.3 Å². The molecule has 0 radical (unpaired) electrons. The van der Waals surface area contributed by atoms with Gasteiger partial charge in [0.25, 0.3) is 0 Å². The number of nitrogen functional groups attached to an aromatic ring is 1. The molecule has 0 aliphatic rings. The molecule has 0 aliphatic carbocycles. The zero-order chi connectivity index (χ0) is 8.01. The van der Waals surface area contributed by atoms with Crippen LogP contribution in [0, 0.1) is 0 Å². The minimum atomic E-state index is 0.221. The van der Waals surface area contributed by atoms with Crippen molar-refractivity contribution in [2.75, 3.05) is 5.73 Å². The summed E-state index contributed by atoms with van der Waals surface area (Å²) in [5, 5.41) is 9.74. The number of rotatable bonds is 0. The molecule has 58 valence electrons. The van der Waals surface area contributed by atoms with Crippen LogP contribution in [0.1, 0.15) is 0 Å².